The van der Waals surface area contributed by atoms with Gasteiger partial charge in [0.25, 0.3) is 0 Å². The zero-order chi connectivity index (χ0) is 31.3. The molecule has 0 amide bonds. The Labute approximate surface area is 275 Å². The van der Waals surface area contributed by atoms with Gasteiger partial charge in [0.2, 0.25) is 0 Å². The molecule has 0 aliphatic carbocycles. The van der Waals surface area contributed by atoms with Crippen LogP contribution >= 0.6 is 0 Å². The monoisotopic (exact) mass is 596 g/mol. The van der Waals surface area contributed by atoms with E-state index in [1.165, 1.54) is 93.2 Å². The molecule has 0 N–H and O–H groups in total. The molecule has 0 aliphatic rings. The lowest BCUT2D eigenvalue weighted by Gasteiger charge is -2.20. The molecule has 0 heterocycles. The fourth-order valence-corrected chi connectivity index (χ4v) is 7.63. The van der Waals surface area contributed by atoms with Crippen LogP contribution in [0.4, 0.5) is 0 Å². The van der Waals surface area contributed by atoms with Gasteiger partial charge in [0.15, 0.2) is 0 Å². The van der Waals surface area contributed by atoms with Crippen LogP contribution in [0.3, 0.4) is 0 Å². The van der Waals surface area contributed by atoms with Crippen LogP contribution < -0.4 is 0 Å². The Kier molecular flexibility index (Phi) is 6.47. The van der Waals surface area contributed by atoms with Crippen molar-refractivity contribution in [2.24, 2.45) is 0 Å². The van der Waals surface area contributed by atoms with E-state index in [4.69, 9.17) is 0 Å². The van der Waals surface area contributed by atoms with Crippen LogP contribution in [0.1, 0.15) is 5.56 Å². The van der Waals surface area contributed by atoms with Crippen molar-refractivity contribution in [3.05, 3.63) is 181 Å². The molecule has 0 radical (unpaired) electrons. The Bertz CT molecular complexity index is 2580. The molecule has 9 aromatic carbocycles. The van der Waals surface area contributed by atoms with E-state index in [1.54, 1.807) is 0 Å². The minimum atomic E-state index is 1.24. The largest absolute Gasteiger partial charge is 0.0616 e. The number of aryl methyl sites for hydroxylation is 1. The second-order valence-corrected chi connectivity index (χ2v) is 12.5. The van der Waals surface area contributed by atoms with E-state index in [1.807, 2.05) is 0 Å². The summed E-state index contributed by atoms with van der Waals surface area (Å²) in [7, 11) is 0. The van der Waals surface area contributed by atoms with Gasteiger partial charge in [-0.05, 0) is 106 Å². The first-order valence-corrected chi connectivity index (χ1v) is 16.4. The van der Waals surface area contributed by atoms with E-state index in [9.17, 15) is 0 Å². The highest BCUT2D eigenvalue weighted by Crippen LogP contribution is 2.47. The summed E-state index contributed by atoms with van der Waals surface area (Å²) < 4.78 is 0. The number of rotatable bonds is 4. The maximum absolute atomic E-state index is 2.38. The van der Waals surface area contributed by atoms with Crippen molar-refractivity contribution in [2.75, 3.05) is 0 Å². The maximum Gasteiger partial charge on any atom is -0.00201 e. The van der Waals surface area contributed by atoms with E-state index < -0.39 is 0 Å². The molecule has 0 spiro atoms. The predicted molar refractivity (Wildman–Crippen MR) is 203 cm³/mol. The molecule has 0 saturated carbocycles. The zero-order valence-corrected chi connectivity index (χ0v) is 26.2. The van der Waals surface area contributed by atoms with Gasteiger partial charge in [-0.3, -0.25) is 0 Å². The Morgan fingerprint density at radius 1 is 0.277 bits per heavy atom. The van der Waals surface area contributed by atoms with Crippen molar-refractivity contribution in [2.45, 2.75) is 6.92 Å². The van der Waals surface area contributed by atoms with E-state index in [2.05, 4.69) is 183 Å². The van der Waals surface area contributed by atoms with E-state index >= 15 is 0 Å². The normalized spacial score (nSPS) is 11.5. The third kappa shape index (κ3) is 4.53. The summed E-state index contributed by atoms with van der Waals surface area (Å²) in [5.74, 6) is 0. The summed E-state index contributed by atoms with van der Waals surface area (Å²) >= 11 is 0. The zero-order valence-electron chi connectivity index (χ0n) is 26.2. The number of benzene rings is 9. The molecule has 0 saturated heterocycles. The van der Waals surface area contributed by atoms with Crippen molar-refractivity contribution in [1.29, 1.82) is 0 Å². The fraction of sp³-hybridized carbons (Fsp3) is 0.0213. The van der Waals surface area contributed by atoms with Gasteiger partial charge in [-0.2, -0.15) is 0 Å². The average molecular weight is 597 g/mol. The van der Waals surface area contributed by atoms with Crippen LogP contribution in [0.25, 0.3) is 87.6 Å². The smallest absolute Gasteiger partial charge is 0.00201 e. The minimum absolute atomic E-state index is 1.24. The van der Waals surface area contributed by atoms with Crippen LogP contribution in [0.15, 0.2) is 176 Å². The number of hydrogen-bond donors (Lipinski definition) is 0. The third-order valence-corrected chi connectivity index (χ3v) is 9.78. The van der Waals surface area contributed by atoms with Crippen molar-refractivity contribution in [3.63, 3.8) is 0 Å². The van der Waals surface area contributed by atoms with E-state index in [0.717, 1.165) is 0 Å². The molecule has 0 nitrogen and oxygen atoms in total. The lowest BCUT2D eigenvalue weighted by Crippen LogP contribution is -1.93. The molecule has 0 aliphatic heterocycles. The summed E-state index contributed by atoms with van der Waals surface area (Å²) in [6.07, 6.45) is 0. The van der Waals surface area contributed by atoms with Gasteiger partial charge in [-0.1, -0.05) is 170 Å². The standard InChI is InChI=1S/C47H32/c1-31-29-36(27-28-37(31)35-26-25-32-13-2-3-15-34(32)30-35)46-42-20-8-10-22-44(42)47(45-23-11-9-21-43(45)46)41-19-7-6-18-40(41)39-24-12-16-33-14-4-5-17-38(33)39/h2-30H,1H3. The topological polar surface area (TPSA) is 0 Å². The second-order valence-electron chi connectivity index (χ2n) is 12.5. The van der Waals surface area contributed by atoms with Gasteiger partial charge >= 0.3 is 0 Å². The molecular weight excluding hydrogens is 565 g/mol. The molecule has 0 aromatic heterocycles. The molecular formula is C47H32. The molecule has 220 valence electrons. The molecule has 0 atom stereocenters. The summed E-state index contributed by atoms with van der Waals surface area (Å²) in [6.45, 7) is 2.24. The van der Waals surface area contributed by atoms with Gasteiger partial charge in [0, 0.05) is 0 Å². The first kappa shape index (κ1) is 27.3. The molecule has 0 heteroatoms. The fourth-order valence-electron chi connectivity index (χ4n) is 7.63. The first-order valence-electron chi connectivity index (χ1n) is 16.4. The second kappa shape index (κ2) is 11.1. The maximum atomic E-state index is 2.38. The van der Waals surface area contributed by atoms with Crippen LogP contribution in [0, 0.1) is 6.92 Å². The molecule has 9 aromatic rings. The quantitative estimate of drug-likeness (QED) is 0.177. The molecule has 47 heavy (non-hydrogen) atoms. The predicted octanol–water partition coefficient (Wildman–Crippen LogP) is 13.3. The van der Waals surface area contributed by atoms with Crippen LogP contribution in [-0.4, -0.2) is 0 Å². The number of fused-ring (bicyclic) bond motifs is 4. The molecule has 9 rings (SSSR count). The average Bonchev–Trinajstić information content (AvgIpc) is 3.13. The van der Waals surface area contributed by atoms with Crippen molar-refractivity contribution in [3.8, 4) is 44.5 Å². The van der Waals surface area contributed by atoms with Crippen LogP contribution in [0.2, 0.25) is 0 Å². The molecule has 0 unspecified atom stereocenters. The van der Waals surface area contributed by atoms with Crippen LogP contribution in [-0.2, 0) is 0 Å². The lowest BCUT2D eigenvalue weighted by molar-refractivity contribution is 1.46. The summed E-state index contributed by atoms with van der Waals surface area (Å²) in [6, 6.07) is 64.6. The highest BCUT2D eigenvalue weighted by atomic mass is 14.2. The van der Waals surface area contributed by atoms with E-state index in [-0.39, 0.29) is 0 Å². The Hall–Kier alpha value is -5.98. The molecule has 0 bridgehead atoms. The van der Waals surface area contributed by atoms with Crippen molar-refractivity contribution >= 4 is 43.1 Å². The summed E-state index contributed by atoms with van der Waals surface area (Å²) in [4.78, 5) is 0. The Balaban J connectivity index is 1.28. The highest BCUT2D eigenvalue weighted by Gasteiger charge is 2.19. The van der Waals surface area contributed by atoms with Gasteiger partial charge in [0.1, 0.15) is 0 Å². The SMILES string of the molecule is Cc1cc(-c2c3ccccc3c(-c3ccccc3-c3cccc4ccccc34)c3ccccc23)ccc1-c1ccc2ccccc2c1. The molecule has 0 fully saturated rings. The Morgan fingerprint density at radius 2 is 0.787 bits per heavy atom. The van der Waals surface area contributed by atoms with E-state index in [0.29, 0.717) is 0 Å². The first-order chi connectivity index (χ1) is 23.2. The minimum Gasteiger partial charge on any atom is -0.0616 e. The van der Waals surface area contributed by atoms with Gasteiger partial charge in [0.05, 0.1) is 0 Å². The van der Waals surface area contributed by atoms with Crippen molar-refractivity contribution < 1.29 is 0 Å². The van der Waals surface area contributed by atoms with Crippen LogP contribution in [0.5, 0.6) is 0 Å². The summed E-state index contributed by atoms with van der Waals surface area (Å²) in [5, 5.41) is 10.1. The van der Waals surface area contributed by atoms with Gasteiger partial charge < -0.3 is 0 Å². The van der Waals surface area contributed by atoms with Crippen molar-refractivity contribution in [1.82, 2.24) is 0 Å². The van der Waals surface area contributed by atoms with Gasteiger partial charge in [-0.15, -0.1) is 0 Å². The van der Waals surface area contributed by atoms with Gasteiger partial charge in [-0.25, -0.2) is 0 Å². The number of hydrogen-bond acceptors (Lipinski definition) is 0. The highest BCUT2D eigenvalue weighted by molar-refractivity contribution is 6.22. The summed E-state index contributed by atoms with van der Waals surface area (Å²) in [5.41, 5.74) is 11.4. The Morgan fingerprint density at radius 3 is 1.49 bits per heavy atom. The third-order valence-electron chi connectivity index (χ3n) is 9.78. The lowest BCUT2D eigenvalue weighted by atomic mass is 9.83.